The molecule has 4 rings (SSSR count). The number of benzene rings is 3. The van der Waals surface area contributed by atoms with Crippen LogP contribution < -0.4 is 15.5 Å². The van der Waals surface area contributed by atoms with E-state index in [1.807, 2.05) is 79.4 Å². The standard InChI is InChI=1S/C27H28N4O2S/c1-19-7-9-21(10-8-19)25(32)29-27(34)28-22-11-13-23(14-12-22)30-15-17-31(18-16-30)26(33)24-6-4-3-5-20(24)2/h3-14H,15-18H2,1-2H3,(H2,28,29,32,34). The van der Waals surface area contributed by atoms with Crippen molar-refractivity contribution in [3.05, 3.63) is 95.1 Å². The molecule has 0 saturated carbocycles. The molecule has 0 unspecified atom stereocenters. The average molecular weight is 473 g/mol. The van der Waals surface area contributed by atoms with Crippen LogP contribution in [0.2, 0.25) is 0 Å². The molecule has 1 saturated heterocycles. The van der Waals surface area contributed by atoms with Crippen molar-refractivity contribution in [1.82, 2.24) is 10.2 Å². The van der Waals surface area contributed by atoms with Gasteiger partial charge in [0.1, 0.15) is 0 Å². The number of rotatable bonds is 4. The molecule has 0 aliphatic carbocycles. The van der Waals surface area contributed by atoms with E-state index in [-0.39, 0.29) is 16.9 Å². The van der Waals surface area contributed by atoms with Gasteiger partial charge in [-0.15, -0.1) is 0 Å². The lowest BCUT2D eigenvalue weighted by atomic mass is 10.1. The molecule has 2 amide bonds. The van der Waals surface area contributed by atoms with E-state index < -0.39 is 0 Å². The van der Waals surface area contributed by atoms with Crippen molar-refractivity contribution < 1.29 is 9.59 Å². The highest BCUT2D eigenvalue weighted by Gasteiger charge is 2.23. The van der Waals surface area contributed by atoms with E-state index in [0.717, 1.165) is 41.2 Å². The Hall–Kier alpha value is -3.71. The van der Waals surface area contributed by atoms with Crippen LogP contribution in [0, 0.1) is 13.8 Å². The van der Waals surface area contributed by atoms with E-state index in [9.17, 15) is 9.59 Å². The normalized spacial score (nSPS) is 13.4. The van der Waals surface area contributed by atoms with E-state index in [2.05, 4.69) is 15.5 Å². The van der Waals surface area contributed by atoms with E-state index in [4.69, 9.17) is 12.2 Å². The molecule has 1 fully saturated rings. The first-order chi connectivity index (χ1) is 16.4. The van der Waals surface area contributed by atoms with E-state index in [0.29, 0.717) is 18.7 Å². The molecule has 34 heavy (non-hydrogen) atoms. The molecule has 6 nitrogen and oxygen atoms in total. The summed E-state index contributed by atoms with van der Waals surface area (Å²) in [6, 6.07) is 23.0. The highest BCUT2D eigenvalue weighted by Crippen LogP contribution is 2.21. The van der Waals surface area contributed by atoms with E-state index >= 15 is 0 Å². The number of aryl methyl sites for hydroxylation is 2. The van der Waals surface area contributed by atoms with Gasteiger partial charge in [0.15, 0.2) is 5.11 Å². The van der Waals surface area contributed by atoms with E-state index in [1.165, 1.54) is 0 Å². The Bertz CT molecular complexity index is 1180. The highest BCUT2D eigenvalue weighted by molar-refractivity contribution is 7.80. The molecule has 1 heterocycles. The number of thiocarbonyl (C=S) groups is 1. The summed E-state index contributed by atoms with van der Waals surface area (Å²) in [5.41, 5.74) is 5.32. The fraction of sp³-hybridized carbons (Fsp3) is 0.222. The van der Waals surface area contributed by atoms with Gasteiger partial charge in [-0.3, -0.25) is 14.9 Å². The quantitative estimate of drug-likeness (QED) is 0.552. The summed E-state index contributed by atoms with van der Waals surface area (Å²) in [5, 5.41) is 6.02. The zero-order valence-electron chi connectivity index (χ0n) is 19.4. The number of nitrogens with zero attached hydrogens (tertiary/aromatic N) is 2. The summed E-state index contributed by atoms with van der Waals surface area (Å²) >= 11 is 5.29. The predicted molar refractivity (Wildman–Crippen MR) is 141 cm³/mol. The first kappa shape index (κ1) is 23.4. The van der Waals surface area contributed by atoms with Gasteiger partial charge in [0, 0.05) is 48.7 Å². The van der Waals surface area contributed by atoms with Gasteiger partial charge in [-0.25, -0.2) is 0 Å². The van der Waals surface area contributed by atoms with Crippen LogP contribution in [0.1, 0.15) is 31.8 Å². The van der Waals surface area contributed by atoms with Gasteiger partial charge >= 0.3 is 0 Å². The molecule has 0 aromatic heterocycles. The van der Waals surface area contributed by atoms with Gasteiger partial charge < -0.3 is 15.1 Å². The van der Waals surface area contributed by atoms with Gasteiger partial charge in [-0.05, 0) is 74.1 Å². The fourth-order valence-electron chi connectivity index (χ4n) is 3.95. The van der Waals surface area contributed by atoms with Crippen LogP contribution in [0.5, 0.6) is 0 Å². The first-order valence-electron chi connectivity index (χ1n) is 11.3. The van der Waals surface area contributed by atoms with Crippen LogP contribution in [-0.2, 0) is 0 Å². The number of hydrogen-bond acceptors (Lipinski definition) is 4. The Morgan fingerprint density at radius 3 is 2.12 bits per heavy atom. The van der Waals surface area contributed by atoms with Crippen molar-refractivity contribution >= 4 is 40.5 Å². The van der Waals surface area contributed by atoms with Gasteiger partial charge in [0.25, 0.3) is 11.8 Å². The van der Waals surface area contributed by atoms with Crippen molar-refractivity contribution in [3.63, 3.8) is 0 Å². The number of amides is 2. The zero-order chi connectivity index (χ0) is 24.1. The third-order valence-electron chi connectivity index (χ3n) is 5.97. The maximum absolute atomic E-state index is 12.8. The lowest BCUT2D eigenvalue weighted by molar-refractivity contribution is 0.0746. The largest absolute Gasteiger partial charge is 0.368 e. The number of piperazine rings is 1. The Morgan fingerprint density at radius 1 is 0.824 bits per heavy atom. The second kappa shape index (κ2) is 10.5. The molecule has 0 radical (unpaired) electrons. The molecular weight excluding hydrogens is 444 g/mol. The van der Waals surface area contributed by atoms with Gasteiger partial charge in [0.2, 0.25) is 0 Å². The van der Waals surface area contributed by atoms with Crippen molar-refractivity contribution in [1.29, 1.82) is 0 Å². The van der Waals surface area contributed by atoms with Crippen molar-refractivity contribution in [2.24, 2.45) is 0 Å². The van der Waals surface area contributed by atoms with Crippen molar-refractivity contribution in [3.8, 4) is 0 Å². The van der Waals surface area contributed by atoms with Crippen molar-refractivity contribution in [2.75, 3.05) is 36.4 Å². The summed E-state index contributed by atoms with van der Waals surface area (Å²) in [6.07, 6.45) is 0. The molecule has 3 aromatic rings. The summed E-state index contributed by atoms with van der Waals surface area (Å²) in [7, 11) is 0. The first-order valence-corrected chi connectivity index (χ1v) is 11.7. The van der Waals surface area contributed by atoms with Crippen LogP contribution in [0.4, 0.5) is 11.4 Å². The Balaban J connectivity index is 1.29. The Kier molecular flexibility index (Phi) is 7.23. The average Bonchev–Trinajstić information content (AvgIpc) is 2.85. The van der Waals surface area contributed by atoms with Gasteiger partial charge in [0.05, 0.1) is 0 Å². The van der Waals surface area contributed by atoms with Crippen LogP contribution >= 0.6 is 12.2 Å². The maximum atomic E-state index is 12.8. The number of hydrogen-bond donors (Lipinski definition) is 2. The third kappa shape index (κ3) is 5.61. The summed E-state index contributed by atoms with van der Waals surface area (Å²) in [5.74, 6) is -0.147. The number of nitrogens with one attached hydrogen (secondary N) is 2. The lowest BCUT2D eigenvalue weighted by Crippen LogP contribution is -2.48. The van der Waals surface area contributed by atoms with Gasteiger partial charge in [-0.2, -0.15) is 0 Å². The minimum atomic E-state index is -0.243. The smallest absolute Gasteiger partial charge is 0.257 e. The molecule has 1 aliphatic rings. The molecule has 2 N–H and O–H groups in total. The lowest BCUT2D eigenvalue weighted by Gasteiger charge is -2.36. The van der Waals surface area contributed by atoms with E-state index in [1.54, 1.807) is 12.1 Å². The summed E-state index contributed by atoms with van der Waals surface area (Å²) < 4.78 is 0. The minimum Gasteiger partial charge on any atom is -0.368 e. The maximum Gasteiger partial charge on any atom is 0.257 e. The summed E-state index contributed by atoms with van der Waals surface area (Å²) in [4.78, 5) is 29.4. The molecule has 7 heteroatoms. The second-order valence-corrected chi connectivity index (χ2v) is 8.82. The van der Waals surface area contributed by atoms with Crippen LogP contribution in [0.3, 0.4) is 0 Å². The second-order valence-electron chi connectivity index (χ2n) is 8.42. The third-order valence-corrected chi connectivity index (χ3v) is 6.18. The zero-order valence-corrected chi connectivity index (χ0v) is 20.2. The van der Waals surface area contributed by atoms with Crippen molar-refractivity contribution in [2.45, 2.75) is 13.8 Å². The minimum absolute atomic E-state index is 0.0958. The highest BCUT2D eigenvalue weighted by atomic mass is 32.1. The molecule has 174 valence electrons. The SMILES string of the molecule is Cc1ccc(C(=O)NC(=S)Nc2ccc(N3CCN(C(=O)c4ccccc4C)CC3)cc2)cc1. The summed E-state index contributed by atoms with van der Waals surface area (Å²) in [6.45, 7) is 6.86. The number of carbonyl (C=O) groups is 2. The number of carbonyl (C=O) groups excluding carboxylic acids is 2. The molecule has 0 spiro atoms. The Morgan fingerprint density at radius 2 is 1.47 bits per heavy atom. The monoisotopic (exact) mass is 472 g/mol. The topological polar surface area (TPSA) is 64.7 Å². The fourth-order valence-corrected chi connectivity index (χ4v) is 4.16. The van der Waals surface area contributed by atoms with Crippen LogP contribution in [0.25, 0.3) is 0 Å². The molecule has 3 aromatic carbocycles. The predicted octanol–water partition coefficient (Wildman–Crippen LogP) is 4.39. The van der Waals surface area contributed by atoms with Crippen LogP contribution in [0.15, 0.2) is 72.8 Å². The molecule has 0 bridgehead atoms. The van der Waals surface area contributed by atoms with Crippen LogP contribution in [-0.4, -0.2) is 48.0 Å². The number of anilines is 2. The molecule has 1 aliphatic heterocycles. The molecule has 0 atom stereocenters. The van der Waals surface area contributed by atoms with Gasteiger partial charge in [-0.1, -0.05) is 35.9 Å². The Labute approximate surface area is 205 Å². The molecular formula is C27H28N4O2S.